The molecule has 0 radical (unpaired) electrons. The van der Waals surface area contributed by atoms with Crippen molar-refractivity contribution in [2.45, 2.75) is 6.42 Å². The Bertz CT molecular complexity index is 586. The second-order valence-corrected chi connectivity index (χ2v) is 4.49. The summed E-state index contributed by atoms with van der Waals surface area (Å²) in [6.07, 6.45) is 4.02. The Morgan fingerprint density at radius 1 is 1.10 bits per heavy atom. The van der Waals surface area contributed by atoms with Gasteiger partial charge in [-0.3, -0.25) is 0 Å². The minimum absolute atomic E-state index is 0.558. The summed E-state index contributed by atoms with van der Waals surface area (Å²) in [5.41, 5.74) is 7.27. The van der Waals surface area contributed by atoms with Crippen LogP contribution in [-0.2, 0) is 6.42 Å². The van der Waals surface area contributed by atoms with Gasteiger partial charge in [0, 0.05) is 6.54 Å². The number of anilines is 2. The number of hydrogen-bond acceptors (Lipinski definition) is 6. The minimum Gasteiger partial charge on any atom is -0.486 e. The van der Waals surface area contributed by atoms with E-state index >= 15 is 0 Å². The van der Waals surface area contributed by atoms with E-state index in [0.717, 1.165) is 24.5 Å². The van der Waals surface area contributed by atoms with E-state index in [0.29, 0.717) is 24.8 Å². The Hall–Kier alpha value is -2.50. The second kappa shape index (κ2) is 5.64. The number of nitrogen functional groups attached to an aromatic ring is 1. The van der Waals surface area contributed by atoms with Gasteiger partial charge in [-0.25, -0.2) is 9.97 Å². The van der Waals surface area contributed by atoms with Gasteiger partial charge >= 0.3 is 0 Å². The number of hydrogen-bond donors (Lipinski definition) is 2. The molecule has 0 amide bonds. The van der Waals surface area contributed by atoms with Gasteiger partial charge < -0.3 is 20.5 Å². The van der Waals surface area contributed by atoms with Gasteiger partial charge in [-0.2, -0.15) is 0 Å². The highest BCUT2D eigenvalue weighted by Gasteiger charge is 2.11. The molecule has 0 spiro atoms. The number of nitrogens with one attached hydrogen (secondary N) is 1. The molecular formula is C14H16N4O2. The second-order valence-electron chi connectivity index (χ2n) is 4.49. The number of fused-ring (bicyclic) bond motifs is 1. The zero-order valence-corrected chi connectivity index (χ0v) is 11.0. The fourth-order valence-electron chi connectivity index (χ4n) is 1.99. The Kier molecular flexibility index (Phi) is 3.54. The molecule has 0 saturated heterocycles. The molecule has 1 aromatic carbocycles. The van der Waals surface area contributed by atoms with Crippen molar-refractivity contribution in [3.63, 3.8) is 0 Å². The monoisotopic (exact) mass is 272 g/mol. The maximum atomic E-state index is 5.56. The Labute approximate surface area is 116 Å². The number of nitrogens with zero attached hydrogens (tertiary/aromatic N) is 2. The van der Waals surface area contributed by atoms with Gasteiger partial charge in [0.1, 0.15) is 13.2 Å². The summed E-state index contributed by atoms with van der Waals surface area (Å²) in [7, 11) is 0. The van der Waals surface area contributed by atoms with Gasteiger partial charge in [0.25, 0.3) is 0 Å². The molecule has 3 rings (SSSR count). The van der Waals surface area contributed by atoms with Crippen LogP contribution in [0.25, 0.3) is 0 Å². The average molecular weight is 272 g/mol. The molecule has 0 fully saturated rings. The van der Waals surface area contributed by atoms with Gasteiger partial charge in [-0.05, 0) is 24.1 Å². The predicted octanol–water partition coefficient (Wildman–Crippen LogP) is 1.48. The standard InChI is InChI=1S/C14H16N4O2/c15-11-8-17-14(18-9-11)16-4-3-10-1-2-12-13(7-10)20-6-5-19-12/h1-2,7-9H,3-6,15H2,(H,16,17,18). The fraction of sp³-hybridized carbons (Fsp3) is 0.286. The number of benzene rings is 1. The Balaban J connectivity index is 1.57. The molecule has 6 heteroatoms. The highest BCUT2D eigenvalue weighted by molar-refractivity contribution is 5.44. The molecule has 104 valence electrons. The number of nitrogens with two attached hydrogens (primary N) is 1. The topological polar surface area (TPSA) is 82.3 Å². The van der Waals surface area contributed by atoms with Gasteiger partial charge in [0.05, 0.1) is 18.1 Å². The van der Waals surface area contributed by atoms with Gasteiger partial charge in [-0.15, -0.1) is 0 Å². The highest BCUT2D eigenvalue weighted by Crippen LogP contribution is 2.30. The molecule has 0 unspecified atom stereocenters. The fourth-order valence-corrected chi connectivity index (χ4v) is 1.99. The minimum atomic E-state index is 0.558. The zero-order chi connectivity index (χ0) is 13.8. The van der Waals surface area contributed by atoms with Gasteiger partial charge in [0.2, 0.25) is 5.95 Å². The van der Waals surface area contributed by atoms with Crippen LogP contribution in [0.5, 0.6) is 11.5 Å². The summed E-state index contributed by atoms with van der Waals surface area (Å²) in [6.45, 7) is 1.96. The zero-order valence-electron chi connectivity index (χ0n) is 11.0. The van der Waals surface area contributed by atoms with Crippen LogP contribution in [0.3, 0.4) is 0 Å². The smallest absolute Gasteiger partial charge is 0.222 e. The molecule has 20 heavy (non-hydrogen) atoms. The third-order valence-corrected chi connectivity index (χ3v) is 2.98. The third-order valence-electron chi connectivity index (χ3n) is 2.98. The van der Waals surface area contributed by atoms with E-state index in [1.54, 1.807) is 12.4 Å². The van der Waals surface area contributed by atoms with E-state index in [4.69, 9.17) is 15.2 Å². The maximum Gasteiger partial charge on any atom is 0.222 e. The first-order chi connectivity index (χ1) is 9.81. The molecule has 0 aliphatic carbocycles. The lowest BCUT2D eigenvalue weighted by atomic mass is 10.1. The van der Waals surface area contributed by atoms with Crippen molar-refractivity contribution in [3.05, 3.63) is 36.2 Å². The van der Waals surface area contributed by atoms with E-state index in [-0.39, 0.29) is 0 Å². The van der Waals surface area contributed by atoms with Crippen LogP contribution in [0.15, 0.2) is 30.6 Å². The first-order valence-electron chi connectivity index (χ1n) is 6.51. The molecule has 0 saturated carbocycles. The molecule has 0 bridgehead atoms. The van der Waals surface area contributed by atoms with Gasteiger partial charge in [-0.1, -0.05) is 6.07 Å². The molecule has 0 atom stereocenters. The quantitative estimate of drug-likeness (QED) is 0.877. The number of ether oxygens (including phenoxy) is 2. The largest absolute Gasteiger partial charge is 0.486 e. The number of rotatable bonds is 4. The lowest BCUT2D eigenvalue weighted by Gasteiger charge is -2.18. The summed E-state index contributed by atoms with van der Waals surface area (Å²) in [6, 6.07) is 6.00. The molecule has 1 aliphatic rings. The SMILES string of the molecule is Nc1cnc(NCCc2ccc3c(c2)OCCO3)nc1. The van der Waals surface area contributed by atoms with Crippen LogP contribution >= 0.6 is 0 Å². The molecule has 2 aromatic rings. The highest BCUT2D eigenvalue weighted by atomic mass is 16.6. The summed E-state index contributed by atoms with van der Waals surface area (Å²) in [5.74, 6) is 2.21. The van der Waals surface area contributed by atoms with Crippen molar-refractivity contribution in [2.75, 3.05) is 30.8 Å². The van der Waals surface area contributed by atoms with Crippen molar-refractivity contribution in [1.29, 1.82) is 0 Å². The first kappa shape index (κ1) is 12.5. The van der Waals surface area contributed by atoms with Crippen molar-refractivity contribution < 1.29 is 9.47 Å². The molecular weight excluding hydrogens is 256 g/mol. The van der Waals surface area contributed by atoms with Crippen molar-refractivity contribution in [3.8, 4) is 11.5 Å². The van der Waals surface area contributed by atoms with E-state index in [9.17, 15) is 0 Å². The third kappa shape index (κ3) is 2.90. The molecule has 1 aromatic heterocycles. The predicted molar refractivity (Wildman–Crippen MR) is 76.1 cm³/mol. The maximum absolute atomic E-state index is 5.56. The first-order valence-corrected chi connectivity index (χ1v) is 6.51. The average Bonchev–Trinajstić information content (AvgIpc) is 2.49. The lowest BCUT2D eigenvalue weighted by Crippen LogP contribution is -2.15. The van der Waals surface area contributed by atoms with Crippen molar-refractivity contribution in [2.24, 2.45) is 0 Å². The van der Waals surface area contributed by atoms with E-state index < -0.39 is 0 Å². The Morgan fingerprint density at radius 2 is 1.85 bits per heavy atom. The van der Waals surface area contributed by atoms with Crippen molar-refractivity contribution in [1.82, 2.24) is 9.97 Å². The summed E-state index contributed by atoms with van der Waals surface area (Å²) in [5, 5.41) is 3.15. The van der Waals surface area contributed by atoms with E-state index in [1.165, 1.54) is 5.56 Å². The van der Waals surface area contributed by atoms with Crippen LogP contribution in [0.1, 0.15) is 5.56 Å². The van der Waals surface area contributed by atoms with Crippen LogP contribution in [-0.4, -0.2) is 29.7 Å². The van der Waals surface area contributed by atoms with Crippen LogP contribution in [0.2, 0.25) is 0 Å². The summed E-state index contributed by atoms with van der Waals surface area (Å²) >= 11 is 0. The van der Waals surface area contributed by atoms with Gasteiger partial charge in [0.15, 0.2) is 11.5 Å². The molecule has 3 N–H and O–H groups in total. The van der Waals surface area contributed by atoms with Crippen LogP contribution in [0, 0.1) is 0 Å². The molecule has 1 aliphatic heterocycles. The lowest BCUT2D eigenvalue weighted by molar-refractivity contribution is 0.171. The molecule has 6 nitrogen and oxygen atoms in total. The molecule has 2 heterocycles. The Morgan fingerprint density at radius 3 is 2.65 bits per heavy atom. The van der Waals surface area contributed by atoms with Crippen LogP contribution < -0.4 is 20.5 Å². The summed E-state index contributed by atoms with van der Waals surface area (Å²) in [4.78, 5) is 8.18. The number of aromatic nitrogens is 2. The summed E-state index contributed by atoms with van der Waals surface area (Å²) < 4.78 is 11.0. The van der Waals surface area contributed by atoms with Crippen molar-refractivity contribution >= 4 is 11.6 Å². The van der Waals surface area contributed by atoms with E-state index in [1.807, 2.05) is 18.2 Å². The van der Waals surface area contributed by atoms with Crippen LogP contribution in [0.4, 0.5) is 11.6 Å². The van der Waals surface area contributed by atoms with E-state index in [2.05, 4.69) is 15.3 Å². The normalized spacial score (nSPS) is 13.0.